The summed E-state index contributed by atoms with van der Waals surface area (Å²) in [5, 5.41) is 2.96. The van der Waals surface area contributed by atoms with Gasteiger partial charge in [-0.1, -0.05) is 24.3 Å². The number of carbonyl (C=O) groups excluding carboxylic acids is 1. The molecule has 0 fully saturated rings. The van der Waals surface area contributed by atoms with Gasteiger partial charge in [-0.05, 0) is 65.9 Å². The van der Waals surface area contributed by atoms with Crippen molar-refractivity contribution in [2.75, 3.05) is 38.4 Å². The van der Waals surface area contributed by atoms with E-state index in [0.717, 1.165) is 49.7 Å². The van der Waals surface area contributed by atoms with Crippen molar-refractivity contribution >= 4 is 17.3 Å². The summed E-state index contributed by atoms with van der Waals surface area (Å²) in [6.45, 7) is 2.84. The number of carbonyl (C=O) groups is 1. The van der Waals surface area contributed by atoms with Crippen LogP contribution in [-0.4, -0.2) is 38.1 Å². The highest BCUT2D eigenvalue weighted by Gasteiger charge is 2.19. The number of fused-ring (bicyclic) bond motifs is 1. The van der Waals surface area contributed by atoms with Crippen LogP contribution in [0.25, 0.3) is 0 Å². The molecule has 1 aliphatic heterocycles. The van der Waals surface area contributed by atoms with Crippen LogP contribution in [0, 0.1) is 0 Å². The van der Waals surface area contributed by atoms with E-state index in [-0.39, 0.29) is 5.91 Å². The Morgan fingerprint density at radius 1 is 1.00 bits per heavy atom. The van der Waals surface area contributed by atoms with Gasteiger partial charge in [0.25, 0.3) is 5.91 Å². The Bertz CT molecular complexity index is 1110. The molecule has 0 aliphatic carbocycles. The zero-order valence-electron chi connectivity index (χ0n) is 18.6. The number of rotatable bonds is 7. The van der Waals surface area contributed by atoms with E-state index in [1.54, 1.807) is 26.4 Å². The molecule has 6 nitrogen and oxygen atoms in total. The normalized spacial score (nSPS) is 13.3. The Morgan fingerprint density at radius 3 is 2.50 bits per heavy atom. The molecule has 0 aromatic heterocycles. The van der Waals surface area contributed by atoms with E-state index in [0.29, 0.717) is 11.3 Å². The zero-order chi connectivity index (χ0) is 22.5. The molecule has 0 atom stereocenters. The number of methoxy groups -OCH3 is 2. The average Bonchev–Trinajstić information content (AvgIpc) is 2.82. The van der Waals surface area contributed by atoms with Gasteiger partial charge >= 0.3 is 0 Å². The third kappa shape index (κ3) is 4.86. The lowest BCUT2D eigenvalue weighted by molar-refractivity contribution is 0.102. The topological polar surface area (TPSA) is 76.8 Å². The van der Waals surface area contributed by atoms with Crippen LogP contribution >= 0.6 is 0 Å². The maximum Gasteiger partial charge on any atom is 0.257 e. The van der Waals surface area contributed by atoms with E-state index in [1.165, 1.54) is 16.7 Å². The van der Waals surface area contributed by atoms with Crippen LogP contribution in [0.15, 0.2) is 60.7 Å². The predicted molar refractivity (Wildman–Crippen MR) is 127 cm³/mol. The number of ether oxygens (including phenoxy) is 2. The van der Waals surface area contributed by atoms with Crippen LogP contribution in [0.1, 0.15) is 27.0 Å². The molecule has 0 radical (unpaired) electrons. The molecule has 0 spiro atoms. The standard InChI is InChI=1S/C26H29N3O3/c1-31-24-15-19-11-13-29(17-20(19)16-25(24)32-2)12-10-18-6-5-7-21(14-18)28-26(30)22-8-3-4-9-23(22)27/h3-9,14-16H,10-13,17,27H2,1-2H3,(H,28,30). The van der Waals surface area contributed by atoms with E-state index in [4.69, 9.17) is 15.2 Å². The van der Waals surface area contributed by atoms with Crippen molar-refractivity contribution in [2.45, 2.75) is 19.4 Å². The molecule has 3 aromatic carbocycles. The lowest BCUT2D eigenvalue weighted by Gasteiger charge is -2.29. The molecule has 166 valence electrons. The molecule has 3 N–H and O–H groups in total. The fraction of sp³-hybridized carbons (Fsp3) is 0.269. The average molecular weight is 432 g/mol. The zero-order valence-corrected chi connectivity index (χ0v) is 18.6. The van der Waals surface area contributed by atoms with Crippen molar-refractivity contribution in [2.24, 2.45) is 0 Å². The molecule has 0 bridgehead atoms. The van der Waals surface area contributed by atoms with E-state index in [9.17, 15) is 4.79 Å². The number of amides is 1. The molecule has 4 rings (SSSR count). The summed E-state index contributed by atoms with van der Waals surface area (Å²) in [4.78, 5) is 15.0. The Hall–Kier alpha value is -3.51. The largest absolute Gasteiger partial charge is 0.493 e. The Morgan fingerprint density at radius 2 is 1.75 bits per heavy atom. The predicted octanol–water partition coefficient (Wildman–Crippen LogP) is 4.14. The molecular weight excluding hydrogens is 402 g/mol. The summed E-state index contributed by atoms with van der Waals surface area (Å²) >= 11 is 0. The van der Waals surface area contributed by atoms with Gasteiger partial charge in [-0.3, -0.25) is 9.69 Å². The van der Waals surface area contributed by atoms with E-state index in [2.05, 4.69) is 28.4 Å². The molecule has 6 heteroatoms. The van der Waals surface area contributed by atoms with Crippen molar-refractivity contribution in [3.63, 3.8) is 0 Å². The first-order chi connectivity index (χ1) is 15.6. The second-order valence-corrected chi connectivity index (χ2v) is 7.99. The third-order valence-electron chi connectivity index (χ3n) is 5.90. The summed E-state index contributed by atoms with van der Waals surface area (Å²) in [6.07, 6.45) is 1.89. The Balaban J connectivity index is 1.38. The molecule has 1 aliphatic rings. The minimum Gasteiger partial charge on any atom is -0.493 e. The Kier molecular flexibility index (Phi) is 6.61. The van der Waals surface area contributed by atoms with Gasteiger partial charge in [0.1, 0.15) is 0 Å². The number of benzene rings is 3. The van der Waals surface area contributed by atoms with Crippen molar-refractivity contribution in [3.05, 3.63) is 82.9 Å². The fourth-order valence-corrected chi connectivity index (χ4v) is 4.13. The van der Waals surface area contributed by atoms with E-state index >= 15 is 0 Å². The number of nitrogens with zero attached hydrogens (tertiary/aromatic N) is 1. The Labute approximate surface area is 188 Å². The summed E-state index contributed by atoms with van der Waals surface area (Å²) in [7, 11) is 3.34. The van der Waals surface area contributed by atoms with Gasteiger partial charge in [0.05, 0.1) is 19.8 Å². The van der Waals surface area contributed by atoms with Crippen LogP contribution in [0.3, 0.4) is 0 Å². The molecular formula is C26H29N3O3. The van der Waals surface area contributed by atoms with Crippen LogP contribution in [-0.2, 0) is 19.4 Å². The first kappa shape index (κ1) is 21.7. The maximum absolute atomic E-state index is 12.5. The van der Waals surface area contributed by atoms with Crippen LogP contribution in [0.5, 0.6) is 11.5 Å². The number of hydrogen-bond acceptors (Lipinski definition) is 5. The lowest BCUT2D eigenvalue weighted by Crippen LogP contribution is -2.32. The highest BCUT2D eigenvalue weighted by Crippen LogP contribution is 2.33. The smallest absolute Gasteiger partial charge is 0.257 e. The van der Waals surface area contributed by atoms with Crippen molar-refractivity contribution in [3.8, 4) is 11.5 Å². The molecule has 0 unspecified atom stereocenters. The van der Waals surface area contributed by atoms with Crippen LogP contribution in [0.4, 0.5) is 11.4 Å². The van der Waals surface area contributed by atoms with E-state index < -0.39 is 0 Å². The number of hydrogen-bond donors (Lipinski definition) is 2. The van der Waals surface area contributed by atoms with E-state index in [1.807, 2.05) is 30.3 Å². The second-order valence-electron chi connectivity index (χ2n) is 7.99. The third-order valence-corrected chi connectivity index (χ3v) is 5.90. The van der Waals surface area contributed by atoms with Crippen LogP contribution < -0.4 is 20.5 Å². The lowest BCUT2D eigenvalue weighted by atomic mass is 9.98. The first-order valence-electron chi connectivity index (χ1n) is 10.8. The summed E-state index contributed by atoms with van der Waals surface area (Å²) in [5.41, 5.74) is 11.4. The summed E-state index contributed by atoms with van der Waals surface area (Å²) in [5.74, 6) is 1.36. The van der Waals surface area contributed by atoms with Crippen molar-refractivity contribution in [1.82, 2.24) is 4.90 Å². The molecule has 0 saturated carbocycles. The van der Waals surface area contributed by atoms with Crippen molar-refractivity contribution in [1.29, 1.82) is 0 Å². The minimum atomic E-state index is -0.197. The highest BCUT2D eigenvalue weighted by atomic mass is 16.5. The van der Waals surface area contributed by atoms with Gasteiger partial charge in [0, 0.05) is 31.0 Å². The number of nitrogen functional groups attached to an aromatic ring is 1. The van der Waals surface area contributed by atoms with Gasteiger partial charge in [-0.2, -0.15) is 0 Å². The van der Waals surface area contributed by atoms with Gasteiger partial charge in [0.2, 0.25) is 0 Å². The second kappa shape index (κ2) is 9.75. The highest BCUT2D eigenvalue weighted by molar-refractivity contribution is 6.07. The fourth-order valence-electron chi connectivity index (χ4n) is 4.13. The van der Waals surface area contributed by atoms with Gasteiger partial charge in [-0.25, -0.2) is 0 Å². The number of para-hydroxylation sites is 1. The molecule has 1 amide bonds. The molecule has 1 heterocycles. The molecule has 32 heavy (non-hydrogen) atoms. The molecule has 0 saturated heterocycles. The molecule has 3 aromatic rings. The maximum atomic E-state index is 12.5. The number of nitrogens with two attached hydrogens (primary N) is 1. The van der Waals surface area contributed by atoms with Crippen molar-refractivity contribution < 1.29 is 14.3 Å². The number of anilines is 2. The van der Waals surface area contributed by atoms with Gasteiger partial charge < -0.3 is 20.5 Å². The monoisotopic (exact) mass is 431 g/mol. The minimum absolute atomic E-state index is 0.197. The SMILES string of the molecule is COc1cc2c(cc1OC)CN(CCc1cccc(NC(=O)c3ccccc3N)c1)CC2. The van der Waals surface area contributed by atoms with Gasteiger partial charge in [-0.15, -0.1) is 0 Å². The summed E-state index contributed by atoms with van der Waals surface area (Å²) < 4.78 is 10.9. The first-order valence-corrected chi connectivity index (χ1v) is 10.8. The van der Waals surface area contributed by atoms with Gasteiger partial charge in [0.15, 0.2) is 11.5 Å². The quantitative estimate of drug-likeness (QED) is 0.550. The summed E-state index contributed by atoms with van der Waals surface area (Å²) in [6, 6.07) is 19.3. The number of nitrogens with one attached hydrogen (secondary N) is 1. The van der Waals surface area contributed by atoms with Crippen LogP contribution in [0.2, 0.25) is 0 Å².